The van der Waals surface area contributed by atoms with Gasteiger partial charge >= 0.3 is 0 Å². The van der Waals surface area contributed by atoms with Crippen molar-refractivity contribution >= 4 is 5.82 Å². The number of anilines is 1. The second-order valence-electron chi connectivity index (χ2n) is 6.23. The van der Waals surface area contributed by atoms with Crippen LogP contribution in [-0.2, 0) is 5.41 Å². The van der Waals surface area contributed by atoms with Crippen LogP contribution in [0.5, 0.6) is 0 Å². The van der Waals surface area contributed by atoms with Gasteiger partial charge in [-0.1, -0.05) is 40.2 Å². The largest absolute Gasteiger partial charge is 0.396 e. The van der Waals surface area contributed by atoms with E-state index in [1.807, 2.05) is 12.3 Å². The smallest absolute Gasteiger partial charge is 0.125 e. The van der Waals surface area contributed by atoms with Crippen molar-refractivity contribution in [2.75, 3.05) is 18.5 Å². The topological polar surface area (TPSA) is 45.1 Å². The Hall–Kier alpha value is -1.09. The summed E-state index contributed by atoms with van der Waals surface area (Å²) in [6.45, 7) is 9.90. The van der Waals surface area contributed by atoms with Crippen LogP contribution in [0, 0.1) is 5.92 Å². The molecule has 1 aromatic heterocycles. The molecule has 0 spiro atoms. The molecule has 1 aromatic rings. The average Bonchev–Trinajstić information content (AvgIpc) is 2.36. The van der Waals surface area contributed by atoms with E-state index in [0.29, 0.717) is 5.92 Å². The van der Waals surface area contributed by atoms with Crippen LogP contribution in [0.25, 0.3) is 0 Å². The molecule has 0 saturated carbocycles. The summed E-state index contributed by atoms with van der Waals surface area (Å²) in [6.07, 6.45) is 5.11. The number of rotatable bonds is 7. The zero-order valence-electron chi connectivity index (χ0n) is 12.7. The van der Waals surface area contributed by atoms with Crippen LogP contribution >= 0.6 is 0 Å². The number of aliphatic hydroxyl groups excluding tert-OH is 1. The molecule has 0 aromatic carbocycles. The van der Waals surface area contributed by atoms with Crippen molar-refractivity contribution in [3.05, 3.63) is 23.9 Å². The number of hydrogen-bond acceptors (Lipinski definition) is 3. The van der Waals surface area contributed by atoms with Crippen molar-refractivity contribution in [2.45, 2.75) is 52.4 Å². The molecule has 1 rings (SSSR count). The van der Waals surface area contributed by atoms with Crippen LogP contribution in [-0.4, -0.2) is 23.2 Å². The van der Waals surface area contributed by atoms with Crippen molar-refractivity contribution in [3.8, 4) is 0 Å². The predicted octanol–water partition coefficient (Wildman–Crippen LogP) is 3.59. The Bertz CT molecular complexity index is 348. The standard InChI is InChI=1S/C16H28N2O/c1-5-6-13(9-10-19)11-17-15-8-7-14(12-18-15)16(2,3)4/h7-8,12-13,19H,5-6,9-11H2,1-4H3,(H,17,18). The molecule has 3 heteroatoms. The molecular weight excluding hydrogens is 236 g/mol. The number of nitrogens with one attached hydrogen (secondary N) is 1. The molecule has 3 nitrogen and oxygen atoms in total. The molecule has 0 fully saturated rings. The first-order chi connectivity index (χ1) is 8.97. The highest BCUT2D eigenvalue weighted by molar-refractivity contribution is 5.37. The maximum Gasteiger partial charge on any atom is 0.125 e. The number of hydrogen-bond donors (Lipinski definition) is 2. The molecular formula is C16H28N2O. The quantitative estimate of drug-likeness (QED) is 0.791. The van der Waals surface area contributed by atoms with Crippen LogP contribution in [0.2, 0.25) is 0 Å². The van der Waals surface area contributed by atoms with E-state index >= 15 is 0 Å². The van der Waals surface area contributed by atoms with Gasteiger partial charge in [0.05, 0.1) is 0 Å². The fraction of sp³-hybridized carbons (Fsp3) is 0.688. The summed E-state index contributed by atoms with van der Waals surface area (Å²) in [5.41, 5.74) is 1.39. The molecule has 1 heterocycles. The fourth-order valence-electron chi connectivity index (χ4n) is 2.13. The Morgan fingerprint density at radius 2 is 2.00 bits per heavy atom. The molecule has 0 radical (unpaired) electrons. The van der Waals surface area contributed by atoms with E-state index in [4.69, 9.17) is 5.11 Å². The van der Waals surface area contributed by atoms with Gasteiger partial charge < -0.3 is 10.4 Å². The lowest BCUT2D eigenvalue weighted by Gasteiger charge is -2.19. The van der Waals surface area contributed by atoms with Gasteiger partial charge in [0.15, 0.2) is 0 Å². The lowest BCUT2D eigenvalue weighted by atomic mass is 9.88. The molecule has 0 amide bonds. The summed E-state index contributed by atoms with van der Waals surface area (Å²) < 4.78 is 0. The van der Waals surface area contributed by atoms with Gasteiger partial charge in [0.1, 0.15) is 5.82 Å². The number of aliphatic hydroxyl groups is 1. The van der Waals surface area contributed by atoms with Gasteiger partial charge in [0.2, 0.25) is 0 Å². The third-order valence-electron chi connectivity index (χ3n) is 3.44. The molecule has 2 N–H and O–H groups in total. The van der Waals surface area contributed by atoms with Crippen LogP contribution in [0.4, 0.5) is 5.82 Å². The van der Waals surface area contributed by atoms with Gasteiger partial charge in [-0.15, -0.1) is 0 Å². The van der Waals surface area contributed by atoms with Crippen molar-refractivity contribution in [2.24, 2.45) is 5.92 Å². The molecule has 0 aliphatic heterocycles. The average molecular weight is 264 g/mol. The van der Waals surface area contributed by atoms with Crippen molar-refractivity contribution in [1.29, 1.82) is 0 Å². The second kappa shape index (κ2) is 7.49. The Labute approximate surface area is 117 Å². The Morgan fingerprint density at radius 3 is 2.47 bits per heavy atom. The number of aromatic nitrogens is 1. The zero-order valence-corrected chi connectivity index (χ0v) is 12.7. The molecule has 0 saturated heterocycles. The monoisotopic (exact) mass is 264 g/mol. The van der Waals surface area contributed by atoms with Crippen LogP contribution in [0.3, 0.4) is 0 Å². The van der Waals surface area contributed by atoms with E-state index in [-0.39, 0.29) is 12.0 Å². The third-order valence-corrected chi connectivity index (χ3v) is 3.44. The van der Waals surface area contributed by atoms with E-state index in [1.54, 1.807) is 0 Å². The third kappa shape index (κ3) is 5.60. The fourth-order valence-corrected chi connectivity index (χ4v) is 2.13. The molecule has 0 aliphatic carbocycles. The van der Waals surface area contributed by atoms with Crippen LogP contribution < -0.4 is 5.32 Å². The van der Waals surface area contributed by atoms with E-state index < -0.39 is 0 Å². The summed E-state index contributed by atoms with van der Waals surface area (Å²) >= 11 is 0. The lowest BCUT2D eigenvalue weighted by Crippen LogP contribution is -2.17. The minimum atomic E-state index is 0.146. The zero-order chi connectivity index (χ0) is 14.3. The summed E-state index contributed by atoms with van der Waals surface area (Å²) in [4.78, 5) is 4.46. The number of nitrogens with zero attached hydrogens (tertiary/aromatic N) is 1. The number of pyridine rings is 1. The highest BCUT2D eigenvalue weighted by Crippen LogP contribution is 2.22. The molecule has 19 heavy (non-hydrogen) atoms. The molecule has 108 valence electrons. The maximum atomic E-state index is 9.04. The van der Waals surface area contributed by atoms with E-state index in [2.05, 4.69) is 44.1 Å². The van der Waals surface area contributed by atoms with Crippen molar-refractivity contribution < 1.29 is 5.11 Å². The lowest BCUT2D eigenvalue weighted by molar-refractivity contribution is 0.255. The Morgan fingerprint density at radius 1 is 1.26 bits per heavy atom. The van der Waals surface area contributed by atoms with E-state index in [9.17, 15) is 0 Å². The minimum Gasteiger partial charge on any atom is -0.396 e. The maximum absolute atomic E-state index is 9.04. The van der Waals surface area contributed by atoms with E-state index in [0.717, 1.165) is 31.6 Å². The highest BCUT2D eigenvalue weighted by Gasteiger charge is 2.13. The van der Waals surface area contributed by atoms with Gasteiger partial charge in [0.25, 0.3) is 0 Å². The minimum absolute atomic E-state index is 0.146. The van der Waals surface area contributed by atoms with E-state index in [1.165, 1.54) is 5.56 Å². The Balaban J connectivity index is 2.53. The normalized spacial score (nSPS) is 13.3. The molecule has 0 bridgehead atoms. The van der Waals surface area contributed by atoms with Crippen molar-refractivity contribution in [1.82, 2.24) is 4.98 Å². The van der Waals surface area contributed by atoms with Gasteiger partial charge in [-0.3, -0.25) is 0 Å². The SMILES string of the molecule is CCCC(CCO)CNc1ccc(C(C)(C)C)cn1. The van der Waals surface area contributed by atoms with Gasteiger partial charge in [0, 0.05) is 19.3 Å². The van der Waals surface area contributed by atoms with Gasteiger partial charge in [-0.2, -0.15) is 0 Å². The summed E-state index contributed by atoms with van der Waals surface area (Å²) in [5, 5.41) is 12.4. The second-order valence-corrected chi connectivity index (χ2v) is 6.23. The van der Waals surface area contributed by atoms with Crippen LogP contribution in [0.15, 0.2) is 18.3 Å². The first-order valence-electron chi connectivity index (χ1n) is 7.28. The summed E-state index contributed by atoms with van der Waals surface area (Å²) in [5.74, 6) is 1.45. The Kier molecular flexibility index (Phi) is 6.29. The highest BCUT2D eigenvalue weighted by atomic mass is 16.3. The summed E-state index contributed by atoms with van der Waals surface area (Å²) in [6, 6.07) is 4.18. The molecule has 1 unspecified atom stereocenters. The first kappa shape index (κ1) is 16.0. The predicted molar refractivity (Wildman–Crippen MR) is 81.5 cm³/mol. The van der Waals surface area contributed by atoms with Crippen molar-refractivity contribution in [3.63, 3.8) is 0 Å². The van der Waals surface area contributed by atoms with Gasteiger partial charge in [-0.25, -0.2) is 4.98 Å². The van der Waals surface area contributed by atoms with Gasteiger partial charge in [-0.05, 0) is 35.8 Å². The summed E-state index contributed by atoms with van der Waals surface area (Å²) in [7, 11) is 0. The first-order valence-corrected chi connectivity index (χ1v) is 7.28. The molecule has 0 aliphatic rings. The van der Waals surface area contributed by atoms with Crippen LogP contribution in [0.1, 0.15) is 52.5 Å². The molecule has 1 atom stereocenters.